The fourth-order valence-electron chi connectivity index (χ4n) is 2.27. The monoisotopic (exact) mass is 353 g/mol. The average Bonchev–Trinajstić information content (AvgIpc) is 2.90. The minimum absolute atomic E-state index is 0.0631. The Hall–Kier alpha value is -1.20. The van der Waals surface area contributed by atoms with E-state index in [1.807, 2.05) is 23.0 Å². The highest BCUT2D eigenvalue weighted by Crippen LogP contribution is 2.23. The average molecular weight is 354 g/mol. The zero-order valence-electron chi connectivity index (χ0n) is 12.6. The highest BCUT2D eigenvalue weighted by Gasteiger charge is 2.15. The molecular formula is C16H21BrFN3. The molecule has 5 heteroatoms. The molecule has 2 aromatic rings. The van der Waals surface area contributed by atoms with Gasteiger partial charge in [0.15, 0.2) is 0 Å². The van der Waals surface area contributed by atoms with Crippen LogP contribution in [0.4, 0.5) is 4.39 Å². The summed E-state index contributed by atoms with van der Waals surface area (Å²) in [5.41, 5.74) is 1.95. The molecule has 0 radical (unpaired) electrons. The molecule has 0 spiro atoms. The summed E-state index contributed by atoms with van der Waals surface area (Å²) in [7, 11) is 0. The topological polar surface area (TPSA) is 29.9 Å². The Morgan fingerprint density at radius 1 is 1.33 bits per heavy atom. The third kappa shape index (κ3) is 4.14. The molecule has 21 heavy (non-hydrogen) atoms. The highest BCUT2D eigenvalue weighted by molar-refractivity contribution is 9.10. The number of benzene rings is 1. The van der Waals surface area contributed by atoms with Gasteiger partial charge in [0.1, 0.15) is 5.82 Å². The van der Waals surface area contributed by atoms with Crippen LogP contribution in [0.15, 0.2) is 34.9 Å². The molecule has 0 aliphatic heterocycles. The lowest BCUT2D eigenvalue weighted by molar-refractivity contribution is 0.504. The summed E-state index contributed by atoms with van der Waals surface area (Å²) in [6.45, 7) is 7.08. The second-order valence-corrected chi connectivity index (χ2v) is 6.22. The van der Waals surface area contributed by atoms with Crippen molar-refractivity contribution in [1.29, 1.82) is 0 Å². The number of nitrogens with one attached hydrogen (secondary N) is 1. The van der Waals surface area contributed by atoms with Gasteiger partial charge in [-0.15, -0.1) is 0 Å². The number of rotatable bonds is 6. The minimum atomic E-state index is -0.233. The van der Waals surface area contributed by atoms with Crippen LogP contribution in [0.1, 0.15) is 44.1 Å². The van der Waals surface area contributed by atoms with E-state index in [0.717, 1.165) is 24.2 Å². The van der Waals surface area contributed by atoms with E-state index in [1.54, 1.807) is 12.1 Å². The molecule has 2 rings (SSSR count). The van der Waals surface area contributed by atoms with Gasteiger partial charge in [0.05, 0.1) is 10.2 Å². The lowest BCUT2D eigenvalue weighted by Gasteiger charge is -2.18. The van der Waals surface area contributed by atoms with Crippen LogP contribution in [0, 0.1) is 5.82 Å². The Kier molecular flexibility index (Phi) is 5.53. The Bertz CT molecular complexity index is 595. The first-order valence-corrected chi connectivity index (χ1v) is 8.03. The van der Waals surface area contributed by atoms with Crippen LogP contribution < -0.4 is 5.32 Å². The van der Waals surface area contributed by atoms with E-state index in [9.17, 15) is 4.39 Å². The lowest BCUT2D eigenvalue weighted by atomic mass is 10.0. The molecule has 1 atom stereocenters. The molecule has 0 aliphatic carbocycles. The number of likely N-dealkylation sites (N-methyl/N-ethyl adjacent to an activating group) is 1. The molecule has 0 amide bonds. The molecule has 0 aliphatic rings. The molecule has 1 N–H and O–H groups in total. The predicted molar refractivity (Wildman–Crippen MR) is 86.8 cm³/mol. The summed E-state index contributed by atoms with van der Waals surface area (Å²) in [6, 6.07) is 7.72. The Morgan fingerprint density at radius 3 is 2.67 bits per heavy atom. The van der Waals surface area contributed by atoms with Gasteiger partial charge in [-0.05, 0) is 60.1 Å². The van der Waals surface area contributed by atoms with Crippen molar-refractivity contribution in [2.75, 3.05) is 6.54 Å². The molecule has 114 valence electrons. The largest absolute Gasteiger partial charge is 0.310 e. The first-order chi connectivity index (χ1) is 10.0. The number of hydrogen-bond donors (Lipinski definition) is 1. The SMILES string of the molecule is CCNC(Cc1ccn(C(C)C)n1)c1ccc(Br)c(F)c1. The summed E-state index contributed by atoms with van der Waals surface area (Å²) in [4.78, 5) is 0. The van der Waals surface area contributed by atoms with Crippen LogP contribution in [0.2, 0.25) is 0 Å². The van der Waals surface area contributed by atoms with Crippen molar-refractivity contribution in [2.45, 2.75) is 39.3 Å². The van der Waals surface area contributed by atoms with Crippen molar-refractivity contribution in [3.63, 3.8) is 0 Å². The molecular weight excluding hydrogens is 333 g/mol. The van der Waals surface area contributed by atoms with Gasteiger partial charge in [-0.2, -0.15) is 5.10 Å². The Balaban J connectivity index is 2.19. The number of nitrogens with zero attached hydrogens (tertiary/aromatic N) is 2. The Labute approximate surface area is 133 Å². The van der Waals surface area contributed by atoms with Crippen LogP contribution in [0.25, 0.3) is 0 Å². The van der Waals surface area contributed by atoms with Crippen molar-refractivity contribution in [2.24, 2.45) is 0 Å². The van der Waals surface area contributed by atoms with Gasteiger partial charge in [-0.25, -0.2) is 4.39 Å². The normalized spacial score (nSPS) is 12.9. The smallest absolute Gasteiger partial charge is 0.137 e. The fraction of sp³-hybridized carbons (Fsp3) is 0.438. The molecule has 0 fully saturated rings. The van der Waals surface area contributed by atoms with Gasteiger partial charge in [0, 0.05) is 24.7 Å². The van der Waals surface area contributed by atoms with Gasteiger partial charge >= 0.3 is 0 Å². The second-order valence-electron chi connectivity index (χ2n) is 5.37. The summed E-state index contributed by atoms with van der Waals surface area (Å²) >= 11 is 3.19. The number of halogens is 2. The van der Waals surface area contributed by atoms with E-state index in [0.29, 0.717) is 10.5 Å². The highest BCUT2D eigenvalue weighted by atomic mass is 79.9. The van der Waals surface area contributed by atoms with Crippen LogP contribution in [-0.2, 0) is 6.42 Å². The van der Waals surface area contributed by atoms with Crippen LogP contribution in [0.3, 0.4) is 0 Å². The zero-order chi connectivity index (χ0) is 15.4. The van der Waals surface area contributed by atoms with Crippen LogP contribution in [0.5, 0.6) is 0 Å². The first kappa shape index (κ1) is 16.2. The molecule has 0 bridgehead atoms. The van der Waals surface area contributed by atoms with Gasteiger partial charge < -0.3 is 5.32 Å². The fourth-order valence-corrected chi connectivity index (χ4v) is 2.51. The third-order valence-corrected chi connectivity index (χ3v) is 4.05. The maximum atomic E-state index is 13.7. The van der Waals surface area contributed by atoms with E-state index in [1.165, 1.54) is 0 Å². The first-order valence-electron chi connectivity index (χ1n) is 7.23. The molecule has 1 aromatic heterocycles. The summed E-state index contributed by atoms with van der Waals surface area (Å²) in [6.07, 6.45) is 2.74. The quantitative estimate of drug-likeness (QED) is 0.840. The van der Waals surface area contributed by atoms with Gasteiger partial charge in [0.25, 0.3) is 0 Å². The predicted octanol–water partition coefficient (Wildman–Crippen LogP) is 4.26. The molecule has 0 saturated heterocycles. The van der Waals surface area contributed by atoms with E-state index < -0.39 is 0 Å². The summed E-state index contributed by atoms with van der Waals surface area (Å²) < 4.78 is 16.2. The number of hydrogen-bond acceptors (Lipinski definition) is 2. The Morgan fingerprint density at radius 2 is 2.10 bits per heavy atom. The zero-order valence-corrected chi connectivity index (χ0v) is 14.2. The van der Waals surface area contributed by atoms with E-state index >= 15 is 0 Å². The molecule has 0 saturated carbocycles. The lowest BCUT2D eigenvalue weighted by Crippen LogP contribution is -2.23. The van der Waals surface area contributed by atoms with Gasteiger partial charge in [0.2, 0.25) is 0 Å². The van der Waals surface area contributed by atoms with Crippen LogP contribution in [-0.4, -0.2) is 16.3 Å². The summed E-state index contributed by atoms with van der Waals surface area (Å²) in [5, 5.41) is 7.97. The van der Waals surface area contributed by atoms with Gasteiger partial charge in [-0.3, -0.25) is 4.68 Å². The van der Waals surface area contributed by atoms with E-state index in [-0.39, 0.29) is 11.9 Å². The number of aromatic nitrogens is 2. The molecule has 1 heterocycles. The third-order valence-electron chi connectivity index (χ3n) is 3.40. The van der Waals surface area contributed by atoms with Crippen molar-refractivity contribution in [1.82, 2.24) is 15.1 Å². The second kappa shape index (κ2) is 7.18. The minimum Gasteiger partial charge on any atom is -0.310 e. The van der Waals surface area contributed by atoms with Crippen molar-refractivity contribution in [3.8, 4) is 0 Å². The van der Waals surface area contributed by atoms with Crippen molar-refractivity contribution in [3.05, 3.63) is 52.0 Å². The maximum absolute atomic E-state index is 13.7. The standard InChI is InChI=1S/C16H21BrFN3/c1-4-19-16(12-5-6-14(17)15(18)9-12)10-13-7-8-21(20-13)11(2)3/h5-9,11,16,19H,4,10H2,1-3H3. The van der Waals surface area contributed by atoms with Crippen molar-refractivity contribution < 1.29 is 4.39 Å². The van der Waals surface area contributed by atoms with Crippen molar-refractivity contribution >= 4 is 15.9 Å². The molecule has 1 aromatic carbocycles. The van der Waals surface area contributed by atoms with Crippen LogP contribution >= 0.6 is 15.9 Å². The maximum Gasteiger partial charge on any atom is 0.137 e. The van der Waals surface area contributed by atoms with E-state index in [2.05, 4.69) is 47.1 Å². The summed E-state index contributed by atoms with van der Waals surface area (Å²) in [5.74, 6) is -0.233. The molecule has 1 unspecified atom stereocenters. The van der Waals surface area contributed by atoms with E-state index in [4.69, 9.17) is 0 Å². The molecule has 3 nitrogen and oxygen atoms in total. The van der Waals surface area contributed by atoms with Gasteiger partial charge in [-0.1, -0.05) is 13.0 Å².